The molecule has 0 atom stereocenters. The van der Waals surface area contributed by atoms with E-state index >= 15 is 0 Å². The van der Waals surface area contributed by atoms with Crippen molar-refractivity contribution in [1.29, 1.82) is 0 Å². The number of nitrogens with zero attached hydrogens (tertiary/aromatic N) is 3. The third kappa shape index (κ3) is 4.79. The molecule has 1 aliphatic heterocycles. The monoisotopic (exact) mass is 398 g/mol. The number of fused-ring (bicyclic) bond motifs is 1. The van der Waals surface area contributed by atoms with Crippen LogP contribution in [0, 0.1) is 0 Å². The molecule has 0 aliphatic carbocycles. The van der Waals surface area contributed by atoms with Gasteiger partial charge in [0, 0.05) is 41.2 Å². The third-order valence-corrected chi connectivity index (χ3v) is 4.33. The Morgan fingerprint density at radius 1 is 0.880 bits per heavy atom. The molecule has 3 aromatic rings. The van der Waals surface area contributed by atoms with E-state index in [4.69, 9.17) is 4.98 Å². The number of hydrogen-bond donors (Lipinski definition) is 1. The van der Waals surface area contributed by atoms with Crippen LogP contribution in [0.2, 0.25) is 0 Å². The Bertz CT molecular complexity index is 793. The highest BCUT2D eigenvalue weighted by Gasteiger charge is 2.16. The SMILES string of the molecule is Cl.Cl.Cl.c1cc(-c2cnc3nc(C4CCNCC4)ccc3c2)ccn1. The van der Waals surface area contributed by atoms with Crippen LogP contribution in [0.1, 0.15) is 24.5 Å². The van der Waals surface area contributed by atoms with Crippen LogP contribution >= 0.6 is 37.2 Å². The zero-order valence-electron chi connectivity index (χ0n) is 13.6. The average molecular weight is 400 g/mol. The van der Waals surface area contributed by atoms with Gasteiger partial charge in [-0.05, 0) is 61.8 Å². The molecule has 4 nitrogen and oxygen atoms in total. The summed E-state index contributed by atoms with van der Waals surface area (Å²) in [7, 11) is 0. The highest BCUT2D eigenvalue weighted by atomic mass is 35.5. The fourth-order valence-electron chi connectivity index (χ4n) is 3.07. The van der Waals surface area contributed by atoms with E-state index in [9.17, 15) is 0 Å². The highest BCUT2D eigenvalue weighted by molar-refractivity contribution is 5.86. The summed E-state index contributed by atoms with van der Waals surface area (Å²) in [5.74, 6) is 0.562. The van der Waals surface area contributed by atoms with E-state index in [1.807, 2.05) is 18.3 Å². The predicted octanol–water partition coefficient (Wildman–Crippen LogP) is 4.42. The van der Waals surface area contributed by atoms with Crippen molar-refractivity contribution in [2.24, 2.45) is 0 Å². The molecule has 1 aliphatic rings. The minimum Gasteiger partial charge on any atom is -0.317 e. The lowest BCUT2D eigenvalue weighted by molar-refractivity contribution is 0.454. The Morgan fingerprint density at radius 2 is 1.60 bits per heavy atom. The highest BCUT2D eigenvalue weighted by Crippen LogP contribution is 2.26. The van der Waals surface area contributed by atoms with Crippen molar-refractivity contribution >= 4 is 48.3 Å². The summed E-state index contributed by atoms with van der Waals surface area (Å²) in [6.07, 6.45) is 7.83. The molecule has 0 saturated carbocycles. The van der Waals surface area contributed by atoms with Crippen molar-refractivity contribution in [3.63, 3.8) is 0 Å². The van der Waals surface area contributed by atoms with E-state index in [2.05, 4.69) is 33.5 Å². The van der Waals surface area contributed by atoms with Crippen molar-refractivity contribution in [3.05, 3.63) is 54.6 Å². The number of aromatic nitrogens is 3. The van der Waals surface area contributed by atoms with Gasteiger partial charge in [-0.2, -0.15) is 0 Å². The molecular formula is C18H21Cl3N4. The molecular weight excluding hydrogens is 379 g/mol. The van der Waals surface area contributed by atoms with E-state index < -0.39 is 0 Å². The van der Waals surface area contributed by atoms with Gasteiger partial charge in [-0.25, -0.2) is 9.97 Å². The third-order valence-electron chi connectivity index (χ3n) is 4.33. The van der Waals surface area contributed by atoms with Crippen LogP contribution in [0.3, 0.4) is 0 Å². The van der Waals surface area contributed by atoms with Crippen molar-refractivity contribution < 1.29 is 0 Å². The van der Waals surface area contributed by atoms with Crippen molar-refractivity contribution in [2.45, 2.75) is 18.8 Å². The topological polar surface area (TPSA) is 50.7 Å². The summed E-state index contributed by atoms with van der Waals surface area (Å²) in [6.45, 7) is 2.16. The van der Waals surface area contributed by atoms with E-state index in [1.165, 1.54) is 5.69 Å². The second kappa shape index (κ2) is 9.88. The molecule has 25 heavy (non-hydrogen) atoms. The van der Waals surface area contributed by atoms with Crippen LogP contribution in [-0.4, -0.2) is 28.0 Å². The summed E-state index contributed by atoms with van der Waals surface area (Å²) in [4.78, 5) is 13.4. The molecule has 1 N–H and O–H groups in total. The van der Waals surface area contributed by atoms with Crippen LogP contribution in [-0.2, 0) is 0 Å². The molecule has 0 bridgehead atoms. The standard InChI is InChI=1S/C18H18N4.3ClH/c1-2-17(14-5-9-20-10-6-14)22-18-15(1)11-16(12-21-18)13-3-7-19-8-4-13;;;/h1-4,7-8,11-12,14,20H,5-6,9-10H2;3*1H. The lowest BCUT2D eigenvalue weighted by atomic mass is 9.94. The number of nitrogens with one attached hydrogen (secondary N) is 1. The molecule has 0 unspecified atom stereocenters. The Labute approximate surface area is 166 Å². The normalized spacial score (nSPS) is 14.1. The summed E-state index contributed by atoms with van der Waals surface area (Å²) < 4.78 is 0. The minimum absolute atomic E-state index is 0. The second-order valence-corrected chi connectivity index (χ2v) is 5.77. The number of rotatable bonds is 2. The zero-order chi connectivity index (χ0) is 14.8. The van der Waals surface area contributed by atoms with Gasteiger partial charge in [-0.1, -0.05) is 0 Å². The molecule has 4 heterocycles. The smallest absolute Gasteiger partial charge is 0.159 e. The molecule has 1 saturated heterocycles. The Morgan fingerprint density at radius 3 is 2.32 bits per heavy atom. The Kier molecular flexibility index (Phi) is 8.53. The van der Waals surface area contributed by atoms with Crippen molar-refractivity contribution in [2.75, 3.05) is 13.1 Å². The number of pyridine rings is 3. The first-order chi connectivity index (χ1) is 10.9. The van der Waals surface area contributed by atoms with Gasteiger partial charge in [0.05, 0.1) is 0 Å². The summed E-state index contributed by atoms with van der Waals surface area (Å²) in [6, 6.07) is 10.5. The number of hydrogen-bond acceptors (Lipinski definition) is 4. The van der Waals surface area contributed by atoms with Gasteiger partial charge in [0.1, 0.15) is 0 Å². The van der Waals surface area contributed by atoms with Crippen LogP contribution in [0.15, 0.2) is 48.9 Å². The van der Waals surface area contributed by atoms with Crippen LogP contribution in [0.4, 0.5) is 0 Å². The fraction of sp³-hybridized carbons (Fsp3) is 0.278. The maximum absolute atomic E-state index is 4.78. The van der Waals surface area contributed by atoms with Crippen LogP contribution in [0.5, 0.6) is 0 Å². The molecule has 0 aromatic carbocycles. The van der Waals surface area contributed by atoms with Crippen LogP contribution in [0.25, 0.3) is 22.2 Å². The minimum atomic E-state index is 0. The van der Waals surface area contributed by atoms with Crippen molar-refractivity contribution in [3.8, 4) is 11.1 Å². The first-order valence-electron chi connectivity index (χ1n) is 7.78. The van der Waals surface area contributed by atoms with Gasteiger partial charge in [-0.3, -0.25) is 4.98 Å². The molecule has 0 amide bonds. The summed E-state index contributed by atoms with van der Waals surface area (Å²) in [5, 5.41) is 4.49. The second-order valence-electron chi connectivity index (χ2n) is 5.77. The van der Waals surface area contributed by atoms with Gasteiger partial charge >= 0.3 is 0 Å². The Balaban J connectivity index is 0.00000104. The van der Waals surface area contributed by atoms with Gasteiger partial charge in [0.25, 0.3) is 0 Å². The first kappa shape index (κ1) is 21.6. The average Bonchev–Trinajstić information content (AvgIpc) is 2.62. The van der Waals surface area contributed by atoms with Crippen molar-refractivity contribution in [1.82, 2.24) is 20.3 Å². The molecule has 0 radical (unpaired) electrons. The summed E-state index contributed by atoms with van der Waals surface area (Å²) >= 11 is 0. The van der Waals surface area contributed by atoms with E-state index in [0.717, 1.165) is 48.1 Å². The van der Waals surface area contributed by atoms with E-state index in [0.29, 0.717) is 5.92 Å². The molecule has 4 rings (SSSR count). The largest absolute Gasteiger partial charge is 0.317 e. The molecule has 3 aromatic heterocycles. The zero-order valence-corrected chi connectivity index (χ0v) is 16.0. The predicted molar refractivity (Wildman–Crippen MR) is 109 cm³/mol. The van der Waals surface area contributed by atoms with Gasteiger partial charge in [0.2, 0.25) is 0 Å². The molecule has 7 heteroatoms. The van der Waals surface area contributed by atoms with E-state index in [-0.39, 0.29) is 37.2 Å². The molecule has 1 fully saturated rings. The fourth-order valence-corrected chi connectivity index (χ4v) is 3.07. The van der Waals surface area contributed by atoms with Crippen LogP contribution < -0.4 is 5.32 Å². The quantitative estimate of drug-likeness (QED) is 0.693. The molecule has 134 valence electrons. The van der Waals surface area contributed by atoms with Gasteiger partial charge in [0.15, 0.2) is 5.65 Å². The van der Waals surface area contributed by atoms with Gasteiger partial charge < -0.3 is 5.32 Å². The lowest BCUT2D eigenvalue weighted by Gasteiger charge is -2.22. The van der Waals surface area contributed by atoms with E-state index in [1.54, 1.807) is 12.4 Å². The lowest BCUT2D eigenvalue weighted by Crippen LogP contribution is -2.27. The van der Waals surface area contributed by atoms with Gasteiger partial charge in [-0.15, -0.1) is 37.2 Å². The first-order valence-corrected chi connectivity index (χ1v) is 7.78. The Hall–Kier alpha value is -1.46. The maximum Gasteiger partial charge on any atom is 0.159 e. The maximum atomic E-state index is 4.78. The number of halogens is 3. The molecule has 0 spiro atoms. The number of piperidine rings is 1. The summed E-state index contributed by atoms with van der Waals surface area (Å²) in [5.41, 5.74) is 4.25.